The molecule has 12 aromatic carbocycles. The van der Waals surface area contributed by atoms with Gasteiger partial charge in [0.2, 0.25) is 0 Å². The van der Waals surface area contributed by atoms with Gasteiger partial charge in [0, 0.05) is 27.5 Å². The van der Waals surface area contributed by atoms with Crippen molar-refractivity contribution >= 4 is 65.0 Å². The molecule has 0 unspecified atom stereocenters. The average molecular weight is 904 g/mol. The summed E-state index contributed by atoms with van der Waals surface area (Å²) in [5, 5.41) is 12.0. The van der Waals surface area contributed by atoms with Crippen molar-refractivity contribution in [3.8, 4) is 78.7 Å². The highest BCUT2D eigenvalue weighted by atomic mass is 16.3. The lowest BCUT2D eigenvalue weighted by atomic mass is 9.91. The minimum absolute atomic E-state index is 0.631. The predicted molar refractivity (Wildman–Crippen MR) is 295 cm³/mol. The number of furan rings is 1. The molecule has 2 heterocycles. The molecular formula is C67H41N3O. The number of nitrogens with zero attached hydrogens (tertiary/aromatic N) is 3. The average Bonchev–Trinajstić information content (AvgIpc) is 3.82. The lowest BCUT2D eigenvalue weighted by molar-refractivity contribution is 0.669. The zero-order chi connectivity index (χ0) is 46.8. The zero-order valence-electron chi connectivity index (χ0n) is 38.4. The minimum Gasteiger partial charge on any atom is -0.456 e. The maximum absolute atomic E-state index is 6.61. The van der Waals surface area contributed by atoms with Gasteiger partial charge in [-0.1, -0.05) is 206 Å². The Morgan fingerprint density at radius 2 is 0.592 bits per heavy atom. The zero-order valence-corrected chi connectivity index (χ0v) is 38.4. The molecule has 0 radical (unpaired) electrons. The van der Waals surface area contributed by atoms with Gasteiger partial charge in [0.1, 0.15) is 11.2 Å². The van der Waals surface area contributed by atoms with E-state index < -0.39 is 0 Å². The third-order valence-electron chi connectivity index (χ3n) is 14.1. The summed E-state index contributed by atoms with van der Waals surface area (Å²) in [6.45, 7) is 0. The Kier molecular flexibility index (Phi) is 9.49. The lowest BCUT2D eigenvalue weighted by Gasteiger charge is -2.13. The Morgan fingerprint density at radius 1 is 0.197 bits per heavy atom. The SMILES string of the molecule is c1ccc(-c2nc(-c3ccccc3)nc(-c3cccc4c(-c5ccc6c(c5)oc5ccc(-c7cccc(-c8cccc(-c9ccc%10c%11ccccc%11c%11ccccc%11c%10c9)c8)c7)cc56)cccc34)n2)cc1. The molecule has 0 amide bonds. The summed E-state index contributed by atoms with van der Waals surface area (Å²) in [4.78, 5) is 15.1. The van der Waals surface area contributed by atoms with E-state index in [-0.39, 0.29) is 0 Å². The van der Waals surface area contributed by atoms with Gasteiger partial charge in [0.15, 0.2) is 17.5 Å². The predicted octanol–water partition coefficient (Wildman–Crippen LogP) is 18.1. The summed E-state index contributed by atoms with van der Waals surface area (Å²) in [6.07, 6.45) is 0. The van der Waals surface area contributed by atoms with Crippen LogP contribution in [0.3, 0.4) is 0 Å². The Balaban J connectivity index is 0.796. The highest BCUT2D eigenvalue weighted by molar-refractivity contribution is 6.25. The Morgan fingerprint density at radius 3 is 1.18 bits per heavy atom. The maximum Gasteiger partial charge on any atom is 0.164 e. The molecule has 0 fully saturated rings. The van der Waals surface area contributed by atoms with Crippen LogP contribution in [0, 0.1) is 0 Å². The molecule has 4 heteroatoms. The van der Waals surface area contributed by atoms with Crippen LogP contribution < -0.4 is 0 Å². The first-order valence-electron chi connectivity index (χ1n) is 24.1. The van der Waals surface area contributed by atoms with Gasteiger partial charge in [0.05, 0.1) is 0 Å². The van der Waals surface area contributed by atoms with Gasteiger partial charge in [-0.25, -0.2) is 15.0 Å². The van der Waals surface area contributed by atoms with E-state index in [4.69, 9.17) is 19.4 Å². The van der Waals surface area contributed by atoms with Crippen LogP contribution in [-0.4, -0.2) is 15.0 Å². The van der Waals surface area contributed by atoms with E-state index in [1.807, 2.05) is 60.7 Å². The van der Waals surface area contributed by atoms with Crippen molar-refractivity contribution in [3.63, 3.8) is 0 Å². The van der Waals surface area contributed by atoms with Gasteiger partial charge in [0.25, 0.3) is 0 Å². The molecule has 0 saturated carbocycles. The van der Waals surface area contributed by atoms with Crippen molar-refractivity contribution in [3.05, 3.63) is 249 Å². The van der Waals surface area contributed by atoms with Crippen LogP contribution >= 0.6 is 0 Å². The molecule has 0 atom stereocenters. The van der Waals surface area contributed by atoms with Crippen LogP contribution in [0.15, 0.2) is 253 Å². The molecule has 0 bridgehead atoms. The van der Waals surface area contributed by atoms with Crippen LogP contribution in [0.5, 0.6) is 0 Å². The third-order valence-corrected chi connectivity index (χ3v) is 14.1. The van der Waals surface area contributed by atoms with E-state index in [1.54, 1.807) is 0 Å². The van der Waals surface area contributed by atoms with Crippen LogP contribution in [-0.2, 0) is 0 Å². The van der Waals surface area contributed by atoms with Crippen LogP contribution in [0.2, 0.25) is 0 Å². The minimum atomic E-state index is 0.631. The van der Waals surface area contributed by atoms with Crippen LogP contribution in [0.25, 0.3) is 144 Å². The van der Waals surface area contributed by atoms with Gasteiger partial charge in [-0.2, -0.15) is 0 Å². The fourth-order valence-corrected chi connectivity index (χ4v) is 10.7. The van der Waals surface area contributed by atoms with Gasteiger partial charge < -0.3 is 4.42 Å². The summed E-state index contributed by atoms with van der Waals surface area (Å²) in [5.41, 5.74) is 13.8. The highest BCUT2D eigenvalue weighted by Gasteiger charge is 2.18. The maximum atomic E-state index is 6.61. The summed E-state index contributed by atoms with van der Waals surface area (Å²) in [7, 11) is 0. The molecule has 0 aliphatic carbocycles. The van der Waals surface area contributed by atoms with Gasteiger partial charge in [-0.05, 0) is 130 Å². The number of benzene rings is 12. The second-order valence-corrected chi connectivity index (χ2v) is 18.3. The quantitative estimate of drug-likeness (QED) is 0.150. The second-order valence-electron chi connectivity index (χ2n) is 18.3. The van der Waals surface area contributed by atoms with Crippen molar-refractivity contribution in [2.75, 3.05) is 0 Å². The molecule has 0 spiro atoms. The molecular weight excluding hydrogens is 863 g/mol. The molecule has 0 aliphatic rings. The van der Waals surface area contributed by atoms with E-state index >= 15 is 0 Å². The molecule has 0 N–H and O–H groups in total. The van der Waals surface area contributed by atoms with Crippen LogP contribution in [0.4, 0.5) is 0 Å². The first-order chi connectivity index (χ1) is 35.2. The molecule has 14 aromatic rings. The van der Waals surface area contributed by atoms with Crippen molar-refractivity contribution in [2.45, 2.75) is 0 Å². The second kappa shape index (κ2) is 16.6. The van der Waals surface area contributed by atoms with Crippen LogP contribution in [0.1, 0.15) is 0 Å². The molecule has 2 aromatic heterocycles. The van der Waals surface area contributed by atoms with E-state index in [0.29, 0.717) is 17.5 Å². The van der Waals surface area contributed by atoms with Crippen molar-refractivity contribution in [1.82, 2.24) is 15.0 Å². The normalized spacial score (nSPS) is 11.7. The Labute approximate surface area is 409 Å². The standard InChI is InChI=1S/C67H41N3O/c1-3-15-42(16-4-1)65-68-66(43-17-5-2-6-18-43)70-67(69-65)60-30-14-28-52-51(27-13-29-56(52)60)50-32-35-59-62-40-49(33-36-63(62)71-64(59)41-50)47-22-12-20-45(38-47)44-19-11-21-46(37-44)48-31-34-58-55-25-8-7-23-53(55)54-24-9-10-26-57(54)61(58)39-48/h1-41H. The number of hydrogen-bond acceptors (Lipinski definition) is 4. The number of aromatic nitrogens is 3. The highest BCUT2D eigenvalue weighted by Crippen LogP contribution is 2.41. The Bertz CT molecular complexity index is 4310. The monoisotopic (exact) mass is 903 g/mol. The van der Waals surface area contributed by atoms with E-state index in [0.717, 1.165) is 71.7 Å². The fraction of sp³-hybridized carbons (Fsp3) is 0. The van der Waals surface area contributed by atoms with Gasteiger partial charge in [-0.15, -0.1) is 0 Å². The molecule has 0 saturated heterocycles. The fourth-order valence-electron chi connectivity index (χ4n) is 10.7. The third kappa shape index (κ3) is 7.04. The first-order valence-corrected chi connectivity index (χ1v) is 24.1. The van der Waals surface area contributed by atoms with E-state index in [2.05, 4.69) is 188 Å². The summed E-state index contributed by atoms with van der Waals surface area (Å²) in [5.74, 6) is 1.91. The summed E-state index contributed by atoms with van der Waals surface area (Å²) in [6, 6.07) is 88.4. The molecule has 0 aliphatic heterocycles. The molecule has 330 valence electrons. The smallest absolute Gasteiger partial charge is 0.164 e. The van der Waals surface area contributed by atoms with Crippen molar-refractivity contribution < 1.29 is 4.42 Å². The molecule has 14 rings (SSSR count). The number of fused-ring (bicyclic) bond motifs is 10. The van der Waals surface area contributed by atoms with E-state index in [9.17, 15) is 0 Å². The van der Waals surface area contributed by atoms with Crippen molar-refractivity contribution in [2.24, 2.45) is 0 Å². The summed E-state index contributed by atoms with van der Waals surface area (Å²) < 4.78 is 6.61. The van der Waals surface area contributed by atoms with E-state index in [1.165, 1.54) is 54.6 Å². The first kappa shape index (κ1) is 40.5. The molecule has 71 heavy (non-hydrogen) atoms. The van der Waals surface area contributed by atoms with Gasteiger partial charge in [-0.3, -0.25) is 0 Å². The lowest BCUT2D eigenvalue weighted by Crippen LogP contribution is -2.00. The van der Waals surface area contributed by atoms with Crippen molar-refractivity contribution in [1.29, 1.82) is 0 Å². The van der Waals surface area contributed by atoms with Gasteiger partial charge >= 0.3 is 0 Å². The number of hydrogen-bond donors (Lipinski definition) is 0. The topological polar surface area (TPSA) is 51.8 Å². The summed E-state index contributed by atoms with van der Waals surface area (Å²) >= 11 is 0. The largest absolute Gasteiger partial charge is 0.456 e. The molecule has 4 nitrogen and oxygen atoms in total. The number of rotatable bonds is 7. The Hall–Kier alpha value is -9.51.